The number of ether oxygens (including phenoxy) is 1. The fourth-order valence-electron chi connectivity index (χ4n) is 6.00. The minimum absolute atomic E-state index is 0.0173. The smallest absolute Gasteiger partial charge is 0.245 e. The molecule has 1 saturated heterocycles. The minimum Gasteiger partial charge on any atom is -0.507 e. The number of hydrogen-bond donors (Lipinski definition) is 2. The van der Waals surface area contributed by atoms with Gasteiger partial charge in [0.1, 0.15) is 11.3 Å². The van der Waals surface area contributed by atoms with Crippen molar-refractivity contribution in [1.82, 2.24) is 10.2 Å². The summed E-state index contributed by atoms with van der Waals surface area (Å²) in [5.74, 6) is 0.289. The molecule has 3 rings (SSSR count). The highest BCUT2D eigenvalue weighted by molar-refractivity contribution is 5.91. The Morgan fingerprint density at radius 1 is 0.949 bits per heavy atom. The van der Waals surface area contributed by atoms with Crippen LogP contribution in [0.5, 0.6) is 5.75 Å². The van der Waals surface area contributed by atoms with Crippen LogP contribution in [-0.2, 0) is 31.6 Å². The third kappa shape index (κ3) is 7.77. The number of amides is 2. The average molecular weight is 543 g/mol. The van der Waals surface area contributed by atoms with Gasteiger partial charge in [-0.1, -0.05) is 79.9 Å². The molecule has 1 aliphatic heterocycles. The van der Waals surface area contributed by atoms with Crippen molar-refractivity contribution in [3.8, 4) is 5.75 Å². The maximum absolute atomic E-state index is 14.0. The normalized spacial score (nSPS) is 20.5. The average Bonchev–Trinajstić information content (AvgIpc) is 3.38. The summed E-state index contributed by atoms with van der Waals surface area (Å²) in [6.45, 7) is 17.7. The van der Waals surface area contributed by atoms with Crippen LogP contribution in [0.15, 0.2) is 12.1 Å². The first kappa shape index (κ1) is 31.4. The molecule has 0 spiro atoms. The lowest BCUT2D eigenvalue weighted by Crippen LogP contribution is -2.61. The lowest BCUT2D eigenvalue weighted by atomic mass is 9.78. The van der Waals surface area contributed by atoms with Gasteiger partial charge in [-0.15, -0.1) is 0 Å². The van der Waals surface area contributed by atoms with Gasteiger partial charge in [0.15, 0.2) is 0 Å². The van der Waals surface area contributed by atoms with Crippen molar-refractivity contribution in [2.75, 3.05) is 13.2 Å². The van der Waals surface area contributed by atoms with E-state index in [2.05, 4.69) is 59.0 Å². The fraction of sp³-hybridized carbons (Fsp3) is 0.758. The Balaban J connectivity index is 1.86. The molecule has 1 heterocycles. The molecule has 0 bridgehead atoms. The molecule has 1 saturated carbocycles. The highest BCUT2D eigenvalue weighted by Gasteiger charge is 2.42. The number of aryl methyl sites for hydroxylation is 1. The van der Waals surface area contributed by atoms with Gasteiger partial charge in [-0.25, -0.2) is 0 Å². The molecule has 1 aromatic carbocycles. The highest BCUT2D eigenvalue weighted by Crippen LogP contribution is 2.40. The molecule has 2 N–H and O–H groups in total. The van der Waals surface area contributed by atoms with Gasteiger partial charge >= 0.3 is 0 Å². The second-order valence-electron chi connectivity index (χ2n) is 14.1. The molecule has 6 heteroatoms. The van der Waals surface area contributed by atoms with Crippen LogP contribution in [0, 0.1) is 0 Å². The number of nitrogens with one attached hydrogen (secondary N) is 1. The summed E-state index contributed by atoms with van der Waals surface area (Å²) in [6.07, 6.45) is 8.81. The van der Waals surface area contributed by atoms with Crippen molar-refractivity contribution in [1.29, 1.82) is 0 Å². The van der Waals surface area contributed by atoms with E-state index < -0.39 is 5.54 Å². The number of carbonyl (C=O) groups is 2. The number of phenolic OH excluding ortho intramolecular Hbond substituents is 1. The molecular weight excluding hydrogens is 488 g/mol. The van der Waals surface area contributed by atoms with Gasteiger partial charge in [-0.05, 0) is 73.0 Å². The summed E-state index contributed by atoms with van der Waals surface area (Å²) < 4.78 is 5.93. The predicted molar refractivity (Wildman–Crippen MR) is 158 cm³/mol. The number of carbonyl (C=O) groups excluding carboxylic acids is 2. The standard InChI is InChI=1S/C33H54N2O4/c1-9-33(8,30(38)34-24-14-11-10-12-15-24)35(22-25-16-13-19-39-25)28(36)18-17-23-20-26(31(2,3)4)29(37)27(21-23)32(5,6)7/h20-21,24-25,37H,9-19,22H2,1-8H3,(H,34,38)/t25-,33+/m0/s1. The minimum atomic E-state index is -0.928. The summed E-state index contributed by atoms with van der Waals surface area (Å²) in [7, 11) is 0. The van der Waals surface area contributed by atoms with Crippen molar-refractivity contribution < 1.29 is 19.4 Å². The van der Waals surface area contributed by atoms with Crippen molar-refractivity contribution in [2.45, 2.75) is 148 Å². The second kappa shape index (κ2) is 12.6. The Bertz CT molecular complexity index is 959. The van der Waals surface area contributed by atoms with E-state index in [1.165, 1.54) is 6.42 Å². The third-order valence-corrected chi connectivity index (χ3v) is 8.84. The van der Waals surface area contributed by atoms with Crippen LogP contribution < -0.4 is 5.32 Å². The molecular formula is C33H54N2O4. The van der Waals surface area contributed by atoms with Crippen LogP contribution in [-0.4, -0.2) is 52.7 Å². The molecule has 0 unspecified atom stereocenters. The van der Waals surface area contributed by atoms with Gasteiger partial charge in [0.2, 0.25) is 11.8 Å². The summed E-state index contributed by atoms with van der Waals surface area (Å²) in [4.78, 5) is 29.5. The first-order chi connectivity index (χ1) is 18.2. The van der Waals surface area contributed by atoms with Crippen LogP contribution in [0.25, 0.3) is 0 Å². The number of hydrogen-bond acceptors (Lipinski definition) is 4. The zero-order valence-corrected chi connectivity index (χ0v) is 25.9. The number of rotatable bonds is 9. The quantitative estimate of drug-likeness (QED) is 0.371. The molecule has 1 aromatic rings. The van der Waals surface area contributed by atoms with E-state index in [4.69, 9.17) is 4.74 Å². The maximum atomic E-state index is 14.0. The van der Waals surface area contributed by atoms with Gasteiger partial charge in [0.25, 0.3) is 0 Å². The zero-order chi connectivity index (χ0) is 29.0. The van der Waals surface area contributed by atoms with Crippen LogP contribution >= 0.6 is 0 Å². The molecule has 2 atom stereocenters. The van der Waals surface area contributed by atoms with E-state index in [0.29, 0.717) is 38.2 Å². The van der Waals surface area contributed by atoms with Crippen LogP contribution in [0.3, 0.4) is 0 Å². The van der Waals surface area contributed by atoms with Gasteiger partial charge in [0, 0.05) is 25.6 Å². The van der Waals surface area contributed by atoms with Gasteiger partial charge in [-0.2, -0.15) is 0 Å². The number of phenols is 1. The van der Waals surface area contributed by atoms with Crippen molar-refractivity contribution >= 4 is 11.8 Å². The Morgan fingerprint density at radius 3 is 2.03 bits per heavy atom. The lowest BCUT2D eigenvalue weighted by molar-refractivity contribution is -0.149. The summed E-state index contributed by atoms with van der Waals surface area (Å²) >= 11 is 0. The van der Waals surface area contributed by atoms with Crippen LogP contribution in [0.4, 0.5) is 0 Å². The van der Waals surface area contributed by atoms with E-state index in [1.54, 1.807) is 0 Å². The van der Waals surface area contributed by atoms with E-state index >= 15 is 0 Å². The molecule has 2 aliphatic rings. The first-order valence-corrected chi connectivity index (χ1v) is 15.3. The topological polar surface area (TPSA) is 78.9 Å². The fourth-order valence-corrected chi connectivity index (χ4v) is 6.00. The second-order valence-corrected chi connectivity index (χ2v) is 14.1. The van der Waals surface area contributed by atoms with E-state index in [1.807, 2.05) is 18.7 Å². The lowest BCUT2D eigenvalue weighted by Gasteiger charge is -2.42. The first-order valence-electron chi connectivity index (χ1n) is 15.3. The number of benzene rings is 1. The van der Waals surface area contributed by atoms with Crippen LogP contribution in [0.2, 0.25) is 0 Å². The predicted octanol–water partition coefficient (Wildman–Crippen LogP) is 6.55. The molecule has 2 fully saturated rings. The van der Waals surface area contributed by atoms with Gasteiger partial charge < -0.3 is 20.1 Å². The Labute approximate surface area is 237 Å². The summed E-state index contributed by atoms with van der Waals surface area (Å²) in [6, 6.07) is 4.30. The Morgan fingerprint density at radius 2 is 1.54 bits per heavy atom. The number of aromatic hydroxyl groups is 1. The van der Waals surface area contributed by atoms with E-state index in [9.17, 15) is 14.7 Å². The molecule has 220 valence electrons. The number of nitrogens with zero attached hydrogens (tertiary/aromatic N) is 1. The summed E-state index contributed by atoms with van der Waals surface area (Å²) in [5.41, 5.74) is 1.46. The Kier molecular flexibility index (Phi) is 10.2. The van der Waals surface area contributed by atoms with Crippen LogP contribution in [0.1, 0.15) is 130 Å². The van der Waals surface area contributed by atoms with E-state index in [0.717, 1.165) is 55.2 Å². The third-order valence-electron chi connectivity index (χ3n) is 8.84. The van der Waals surface area contributed by atoms with E-state index in [-0.39, 0.29) is 34.8 Å². The van der Waals surface area contributed by atoms with Crippen molar-refractivity contribution in [3.63, 3.8) is 0 Å². The molecule has 1 aliphatic carbocycles. The van der Waals surface area contributed by atoms with Gasteiger partial charge in [0.05, 0.1) is 6.10 Å². The summed E-state index contributed by atoms with van der Waals surface area (Å²) in [5, 5.41) is 14.4. The van der Waals surface area contributed by atoms with Crippen molar-refractivity contribution in [3.05, 3.63) is 28.8 Å². The van der Waals surface area contributed by atoms with Gasteiger partial charge in [-0.3, -0.25) is 9.59 Å². The molecule has 6 nitrogen and oxygen atoms in total. The molecule has 39 heavy (non-hydrogen) atoms. The maximum Gasteiger partial charge on any atom is 0.245 e. The zero-order valence-electron chi connectivity index (χ0n) is 25.9. The monoisotopic (exact) mass is 542 g/mol. The van der Waals surface area contributed by atoms with Crippen molar-refractivity contribution in [2.24, 2.45) is 0 Å². The molecule has 0 radical (unpaired) electrons. The molecule has 0 aromatic heterocycles. The Hall–Kier alpha value is -2.08. The largest absolute Gasteiger partial charge is 0.507 e. The highest BCUT2D eigenvalue weighted by atomic mass is 16.5. The SMILES string of the molecule is CC[C@](C)(C(=O)NC1CCCCC1)N(C[C@@H]1CCCO1)C(=O)CCc1cc(C(C)(C)C)c(O)c(C(C)(C)C)c1. The molecule has 2 amide bonds.